The van der Waals surface area contributed by atoms with Crippen LogP contribution in [0.4, 0.5) is 4.39 Å². The van der Waals surface area contributed by atoms with Crippen LogP contribution in [-0.4, -0.2) is 39.4 Å². The summed E-state index contributed by atoms with van der Waals surface area (Å²) in [6, 6.07) is 13.4. The normalized spacial score (nSPS) is 13.8. The maximum absolute atomic E-state index is 13.8. The van der Waals surface area contributed by atoms with Crippen molar-refractivity contribution in [3.63, 3.8) is 0 Å². The van der Waals surface area contributed by atoms with Gasteiger partial charge in [0, 0.05) is 13.1 Å². The van der Waals surface area contributed by atoms with E-state index in [2.05, 4.69) is 10.3 Å². The summed E-state index contributed by atoms with van der Waals surface area (Å²) in [5.41, 5.74) is 1.58. The molecule has 2 aromatic carbocycles. The van der Waals surface area contributed by atoms with E-state index in [9.17, 15) is 14.0 Å². The number of benzene rings is 2. The summed E-state index contributed by atoms with van der Waals surface area (Å²) in [5, 5.41) is 2.71. The summed E-state index contributed by atoms with van der Waals surface area (Å²) in [4.78, 5) is 31.4. The maximum Gasteiger partial charge on any atom is 0.254 e. The lowest BCUT2D eigenvalue weighted by Gasteiger charge is -2.17. The van der Waals surface area contributed by atoms with E-state index in [0.717, 1.165) is 37.0 Å². The molecule has 1 aliphatic rings. The van der Waals surface area contributed by atoms with Crippen molar-refractivity contribution in [1.82, 2.24) is 19.8 Å². The molecule has 2 amide bonds. The minimum Gasteiger partial charge on any atom is -0.345 e. The number of imidazole rings is 1. The number of halogens is 1. The summed E-state index contributed by atoms with van der Waals surface area (Å²) in [6.07, 6.45) is 2.06. The monoisotopic (exact) mass is 380 g/mol. The zero-order valence-corrected chi connectivity index (χ0v) is 15.4. The third-order valence-electron chi connectivity index (χ3n) is 5.01. The Morgan fingerprint density at radius 3 is 2.54 bits per heavy atom. The Labute approximate surface area is 162 Å². The van der Waals surface area contributed by atoms with Crippen LogP contribution >= 0.6 is 0 Å². The number of fused-ring (bicyclic) bond motifs is 1. The summed E-state index contributed by atoms with van der Waals surface area (Å²) in [6.45, 7) is 1.84. The average Bonchev–Trinajstić information content (AvgIpc) is 3.35. The molecular formula is C21H21FN4O2. The standard InChI is InChI=1S/C21H21FN4O2/c22-16-8-2-1-7-15(16)21(28)23-13-19-24-17-9-3-4-10-18(17)26(19)14-20(27)25-11-5-6-12-25/h1-4,7-10H,5-6,11-14H2,(H,23,28). The minimum atomic E-state index is -0.572. The Morgan fingerprint density at radius 2 is 1.75 bits per heavy atom. The van der Waals surface area contributed by atoms with Gasteiger partial charge in [0.25, 0.3) is 5.91 Å². The van der Waals surface area contributed by atoms with Gasteiger partial charge in [-0.15, -0.1) is 0 Å². The lowest BCUT2D eigenvalue weighted by Crippen LogP contribution is -2.32. The average molecular weight is 380 g/mol. The quantitative estimate of drug-likeness (QED) is 0.740. The van der Waals surface area contributed by atoms with E-state index in [1.165, 1.54) is 18.2 Å². The van der Waals surface area contributed by atoms with Crippen molar-refractivity contribution in [2.75, 3.05) is 13.1 Å². The fraction of sp³-hybridized carbons (Fsp3) is 0.286. The van der Waals surface area contributed by atoms with Crippen LogP contribution in [0.15, 0.2) is 48.5 Å². The van der Waals surface area contributed by atoms with Crippen molar-refractivity contribution in [2.45, 2.75) is 25.9 Å². The van der Waals surface area contributed by atoms with Crippen molar-refractivity contribution in [3.8, 4) is 0 Å². The predicted molar refractivity (Wildman–Crippen MR) is 103 cm³/mol. The van der Waals surface area contributed by atoms with Crippen molar-refractivity contribution < 1.29 is 14.0 Å². The number of rotatable bonds is 5. The van der Waals surface area contributed by atoms with E-state index >= 15 is 0 Å². The Hall–Kier alpha value is -3.22. The number of carbonyl (C=O) groups is 2. The van der Waals surface area contributed by atoms with Gasteiger partial charge in [-0.25, -0.2) is 9.37 Å². The van der Waals surface area contributed by atoms with Crippen molar-refractivity contribution in [1.29, 1.82) is 0 Å². The van der Waals surface area contributed by atoms with Gasteiger partial charge < -0.3 is 14.8 Å². The van der Waals surface area contributed by atoms with Crippen molar-refractivity contribution >= 4 is 22.8 Å². The number of carbonyl (C=O) groups excluding carboxylic acids is 2. The fourth-order valence-corrected chi connectivity index (χ4v) is 3.54. The third kappa shape index (κ3) is 3.60. The largest absolute Gasteiger partial charge is 0.345 e. The molecule has 6 nitrogen and oxygen atoms in total. The van der Waals surface area contributed by atoms with Crippen LogP contribution in [0, 0.1) is 5.82 Å². The van der Waals surface area contributed by atoms with E-state index in [1.54, 1.807) is 6.07 Å². The molecule has 1 saturated heterocycles. The highest BCUT2D eigenvalue weighted by Crippen LogP contribution is 2.18. The van der Waals surface area contributed by atoms with E-state index in [-0.39, 0.29) is 24.6 Å². The molecule has 1 N–H and O–H groups in total. The molecule has 2 heterocycles. The van der Waals surface area contributed by atoms with Crippen molar-refractivity contribution in [3.05, 3.63) is 65.7 Å². The van der Waals surface area contributed by atoms with Gasteiger partial charge in [0.2, 0.25) is 5.91 Å². The zero-order chi connectivity index (χ0) is 19.5. The molecule has 144 valence electrons. The number of nitrogens with zero attached hydrogens (tertiary/aromatic N) is 3. The lowest BCUT2D eigenvalue weighted by atomic mass is 10.2. The molecule has 0 atom stereocenters. The number of nitrogens with one attached hydrogen (secondary N) is 1. The van der Waals surface area contributed by atoms with Gasteiger partial charge >= 0.3 is 0 Å². The first-order valence-electron chi connectivity index (χ1n) is 9.38. The molecule has 0 bridgehead atoms. The highest BCUT2D eigenvalue weighted by molar-refractivity contribution is 5.94. The number of para-hydroxylation sites is 2. The molecule has 7 heteroatoms. The minimum absolute atomic E-state index is 0.0155. The smallest absolute Gasteiger partial charge is 0.254 e. The maximum atomic E-state index is 13.8. The van der Waals surface area contributed by atoms with E-state index in [1.807, 2.05) is 33.7 Å². The van der Waals surface area contributed by atoms with Gasteiger partial charge in [0.1, 0.15) is 18.2 Å². The fourth-order valence-electron chi connectivity index (χ4n) is 3.54. The Morgan fingerprint density at radius 1 is 1.04 bits per heavy atom. The zero-order valence-electron chi connectivity index (χ0n) is 15.4. The first kappa shape index (κ1) is 18.2. The number of hydrogen-bond acceptors (Lipinski definition) is 3. The van der Waals surface area contributed by atoms with Crippen LogP contribution in [0.2, 0.25) is 0 Å². The second-order valence-electron chi connectivity index (χ2n) is 6.85. The van der Waals surface area contributed by atoms with Crippen LogP contribution in [0.3, 0.4) is 0 Å². The van der Waals surface area contributed by atoms with Gasteiger partial charge in [-0.1, -0.05) is 24.3 Å². The number of aromatic nitrogens is 2. The van der Waals surface area contributed by atoms with E-state index in [0.29, 0.717) is 5.82 Å². The predicted octanol–water partition coefficient (Wildman–Crippen LogP) is 2.73. The van der Waals surface area contributed by atoms with Crippen LogP contribution in [0.1, 0.15) is 29.0 Å². The highest BCUT2D eigenvalue weighted by atomic mass is 19.1. The Kier molecular flexibility index (Phi) is 5.06. The molecule has 0 aliphatic carbocycles. The van der Waals surface area contributed by atoms with Gasteiger partial charge in [0.05, 0.1) is 23.1 Å². The Balaban J connectivity index is 1.57. The number of amides is 2. The molecule has 0 unspecified atom stereocenters. The topological polar surface area (TPSA) is 67.2 Å². The molecule has 0 spiro atoms. The molecule has 0 radical (unpaired) electrons. The lowest BCUT2D eigenvalue weighted by molar-refractivity contribution is -0.130. The van der Waals surface area contributed by atoms with Gasteiger partial charge in [-0.2, -0.15) is 0 Å². The first-order valence-corrected chi connectivity index (χ1v) is 9.38. The summed E-state index contributed by atoms with van der Waals surface area (Å²) in [7, 11) is 0. The molecule has 1 fully saturated rings. The third-order valence-corrected chi connectivity index (χ3v) is 5.01. The van der Waals surface area contributed by atoms with Gasteiger partial charge in [0.15, 0.2) is 0 Å². The molecule has 1 aromatic heterocycles. The van der Waals surface area contributed by atoms with Crippen LogP contribution < -0.4 is 5.32 Å². The van der Waals surface area contributed by atoms with E-state index < -0.39 is 11.7 Å². The summed E-state index contributed by atoms with van der Waals surface area (Å²) >= 11 is 0. The second kappa shape index (κ2) is 7.80. The van der Waals surface area contributed by atoms with Gasteiger partial charge in [-0.3, -0.25) is 9.59 Å². The summed E-state index contributed by atoms with van der Waals surface area (Å²) < 4.78 is 15.7. The molecule has 28 heavy (non-hydrogen) atoms. The molecule has 4 rings (SSSR count). The van der Waals surface area contributed by atoms with E-state index in [4.69, 9.17) is 0 Å². The van der Waals surface area contributed by atoms with Crippen molar-refractivity contribution in [2.24, 2.45) is 0 Å². The number of hydrogen-bond donors (Lipinski definition) is 1. The van der Waals surface area contributed by atoms with Crippen LogP contribution in [0.25, 0.3) is 11.0 Å². The number of likely N-dealkylation sites (tertiary alicyclic amines) is 1. The summed E-state index contributed by atoms with van der Waals surface area (Å²) in [5.74, 6) is -0.471. The molecule has 0 saturated carbocycles. The highest BCUT2D eigenvalue weighted by Gasteiger charge is 2.21. The Bertz CT molecular complexity index is 1020. The molecule has 3 aromatic rings. The van der Waals surface area contributed by atoms with Crippen LogP contribution in [-0.2, 0) is 17.9 Å². The first-order chi connectivity index (χ1) is 13.6. The molecular weight excluding hydrogens is 359 g/mol. The molecule has 1 aliphatic heterocycles. The van der Waals surface area contributed by atoms with Gasteiger partial charge in [-0.05, 0) is 37.1 Å². The SMILES string of the molecule is O=C(NCc1nc2ccccc2n1CC(=O)N1CCCC1)c1ccccc1F. The van der Waals surface area contributed by atoms with Crippen LogP contribution in [0.5, 0.6) is 0 Å². The second-order valence-corrected chi connectivity index (χ2v) is 6.85.